The number of nitrogens with zero attached hydrogens (tertiary/aromatic N) is 2. The van der Waals surface area contributed by atoms with Crippen molar-refractivity contribution in [2.45, 2.75) is 6.18 Å². The highest BCUT2D eigenvalue weighted by Gasteiger charge is 2.30. The van der Waals surface area contributed by atoms with Crippen molar-refractivity contribution < 1.29 is 13.2 Å². The second-order valence-electron chi connectivity index (χ2n) is 5.19. The van der Waals surface area contributed by atoms with Gasteiger partial charge in [0.25, 0.3) is 0 Å². The number of anilines is 2. The first-order chi connectivity index (χ1) is 10.9. The van der Waals surface area contributed by atoms with E-state index in [0.29, 0.717) is 10.8 Å². The number of hydrogen-bond acceptors (Lipinski definition) is 4. The maximum absolute atomic E-state index is 12.7. The second kappa shape index (κ2) is 6.08. The molecule has 1 aliphatic rings. The van der Waals surface area contributed by atoms with Crippen LogP contribution in [0.5, 0.6) is 0 Å². The first-order valence-electron chi connectivity index (χ1n) is 6.89. The smallest absolute Gasteiger partial charge is 0.376 e. The van der Waals surface area contributed by atoms with Crippen LogP contribution in [0.3, 0.4) is 0 Å². The number of nitrogens with one attached hydrogen (secondary N) is 1. The average molecular weight is 337 g/mol. The fourth-order valence-electron chi connectivity index (χ4n) is 2.22. The summed E-state index contributed by atoms with van der Waals surface area (Å²) in [4.78, 5) is 6.49. The van der Waals surface area contributed by atoms with Gasteiger partial charge in [-0.25, -0.2) is 4.98 Å². The van der Waals surface area contributed by atoms with Crippen molar-refractivity contribution in [2.24, 2.45) is 0 Å². The van der Waals surface area contributed by atoms with Crippen LogP contribution < -0.4 is 5.32 Å². The van der Waals surface area contributed by atoms with E-state index >= 15 is 0 Å². The lowest BCUT2D eigenvalue weighted by molar-refractivity contribution is -0.137. The van der Waals surface area contributed by atoms with E-state index in [4.69, 9.17) is 0 Å². The van der Waals surface area contributed by atoms with Crippen LogP contribution in [0.1, 0.15) is 11.3 Å². The molecule has 1 aromatic heterocycles. The van der Waals surface area contributed by atoms with Crippen LogP contribution in [0.4, 0.5) is 24.0 Å². The number of allylic oxidation sites excluding steroid dienone is 2. The summed E-state index contributed by atoms with van der Waals surface area (Å²) in [6.07, 6.45) is 1.55. The molecule has 120 valence electrons. The Hall–Kier alpha value is -2.28. The topological polar surface area (TPSA) is 28.2 Å². The number of aromatic nitrogens is 1. The number of likely N-dealkylation sites (N-methyl/N-ethyl adjacent to an activating group) is 1. The molecule has 0 saturated carbocycles. The highest BCUT2D eigenvalue weighted by Crippen LogP contribution is 2.32. The van der Waals surface area contributed by atoms with E-state index in [1.807, 2.05) is 35.7 Å². The Morgan fingerprint density at radius 3 is 2.87 bits per heavy atom. The fraction of sp³-hybridized carbons (Fsp3) is 0.188. The Bertz CT molecular complexity index is 762. The minimum absolute atomic E-state index is 0.371. The van der Waals surface area contributed by atoms with E-state index in [0.717, 1.165) is 29.9 Å². The Labute approximate surface area is 135 Å². The third-order valence-electron chi connectivity index (χ3n) is 3.33. The van der Waals surface area contributed by atoms with Crippen molar-refractivity contribution in [3.63, 3.8) is 0 Å². The molecule has 0 atom stereocenters. The van der Waals surface area contributed by atoms with Crippen LogP contribution in [0.15, 0.2) is 48.0 Å². The summed E-state index contributed by atoms with van der Waals surface area (Å²) < 4.78 is 38.2. The number of thiazole rings is 1. The van der Waals surface area contributed by atoms with Crippen molar-refractivity contribution in [1.29, 1.82) is 0 Å². The van der Waals surface area contributed by atoms with Crippen molar-refractivity contribution >= 4 is 27.7 Å². The molecule has 1 N–H and O–H groups in total. The minimum Gasteiger partial charge on any atom is -0.376 e. The molecule has 0 bridgehead atoms. The molecular formula is C16H14F3N3S. The molecule has 3 nitrogen and oxygen atoms in total. The maximum atomic E-state index is 12.7. The van der Waals surface area contributed by atoms with Gasteiger partial charge in [0.05, 0.1) is 11.3 Å². The van der Waals surface area contributed by atoms with Gasteiger partial charge in [-0.1, -0.05) is 12.1 Å². The first-order valence-corrected chi connectivity index (χ1v) is 7.77. The van der Waals surface area contributed by atoms with Gasteiger partial charge in [-0.3, -0.25) is 0 Å². The highest BCUT2D eigenvalue weighted by molar-refractivity contribution is 7.13. The van der Waals surface area contributed by atoms with Gasteiger partial charge < -0.3 is 10.2 Å². The number of hydrogen-bond donors (Lipinski definition) is 1. The SMILES string of the molecule is CN1C=CC=C(c2csc(Nc3cccc(C(F)(F)F)c3)n2)C1. The number of alkyl halides is 3. The van der Waals surface area contributed by atoms with Gasteiger partial charge in [0.15, 0.2) is 5.13 Å². The molecule has 0 saturated heterocycles. The molecule has 0 fully saturated rings. The summed E-state index contributed by atoms with van der Waals surface area (Å²) in [6.45, 7) is 0.753. The zero-order valence-electron chi connectivity index (χ0n) is 12.3. The molecule has 2 heterocycles. The molecule has 1 aliphatic heterocycles. The Balaban J connectivity index is 1.77. The Morgan fingerprint density at radius 2 is 2.13 bits per heavy atom. The van der Waals surface area contributed by atoms with Crippen molar-refractivity contribution in [2.75, 3.05) is 18.9 Å². The molecular weight excluding hydrogens is 323 g/mol. The summed E-state index contributed by atoms with van der Waals surface area (Å²) in [5.41, 5.74) is 1.60. The van der Waals surface area contributed by atoms with Crippen LogP contribution in [-0.2, 0) is 6.18 Å². The van der Waals surface area contributed by atoms with E-state index in [-0.39, 0.29) is 0 Å². The van der Waals surface area contributed by atoms with Crippen LogP contribution in [0.25, 0.3) is 5.57 Å². The van der Waals surface area contributed by atoms with Crippen molar-refractivity contribution in [3.05, 3.63) is 59.3 Å². The average Bonchev–Trinajstić information content (AvgIpc) is 2.95. The lowest BCUT2D eigenvalue weighted by atomic mass is 10.1. The number of rotatable bonds is 3. The van der Waals surface area contributed by atoms with Crippen LogP contribution in [0.2, 0.25) is 0 Å². The molecule has 0 radical (unpaired) electrons. The van der Waals surface area contributed by atoms with Crippen LogP contribution >= 0.6 is 11.3 Å². The summed E-state index contributed by atoms with van der Waals surface area (Å²) >= 11 is 1.37. The molecule has 3 rings (SSSR count). The monoisotopic (exact) mass is 337 g/mol. The van der Waals surface area contributed by atoms with Gasteiger partial charge in [0, 0.05) is 24.7 Å². The molecule has 0 amide bonds. The van der Waals surface area contributed by atoms with Gasteiger partial charge in [-0.05, 0) is 36.0 Å². The van der Waals surface area contributed by atoms with Crippen LogP contribution in [0, 0.1) is 0 Å². The molecule has 0 unspecified atom stereocenters. The molecule has 7 heteroatoms. The molecule has 0 aliphatic carbocycles. The summed E-state index contributed by atoms with van der Waals surface area (Å²) in [5.74, 6) is 0. The number of benzene rings is 1. The molecule has 2 aromatic rings. The molecule has 1 aromatic carbocycles. The normalized spacial score (nSPS) is 14.8. The Morgan fingerprint density at radius 1 is 1.30 bits per heavy atom. The van der Waals surface area contributed by atoms with Crippen molar-refractivity contribution in [1.82, 2.24) is 9.88 Å². The summed E-state index contributed by atoms with van der Waals surface area (Å²) in [5, 5.41) is 5.40. The predicted octanol–water partition coefficient (Wildman–Crippen LogP) is 4.75. The minimum atomic E-state index is -4.35. The van der Waals surface area contributed by atoms with E-state index in [2.05, 4.69) is 10.3 Å². The maximum Gasteiger partial charge on any atom is 0.416 e. The lowest BCUT2D eigenvalue weighted by Gasteiger charge is -2.18. The fourth-order valence-corrected chi connectivity index (χ4v) is 2.98. The molecule has 0 spiro atoms. The van der Waals surface area contributed by atoms with Gasteiger partial charge in [0.2, 0.25) is 0 Å². The lowest BCUT2D eigenvalue weighted by Crippen LogP contribution is -2.16. The quantitative estimate of drug-likeness (QED) is 0.876. The molecule has 23 heavy (non-hydrogen) atoms. The number of halogens is 3. The first kappa shape index (κ1) is 15.6. The Kier molecular flexibility index (Phi) is 4.12. The van der Waals surface area contributed by atoms with Gasteiger partial charge >= 0.3 is 6.18 Å². The highest BCUT2D eigenvalue weighted by atomic mass is 32.1. The largest absolute Gasteiger partial charge is 0.416 e. The zero-order valence-corrected chi connectivity index (χ0v) is 13.1. The van der Waals surface area contributed by atoms with Gasteiger partial charge in [0.1, 0.15) is 0 Å². The van der Waals surface area contributed by atoms with Gasteiger partial charge in [-0.15, -0.1) is 11.3 Å². The third kappa shape index (κ3) is 3.73. The van der Waals surface area contributed by atoms with E-state index in [9.17, 15) is 13.2 Å². The predicted molar refractivity (Wildman–Crippen MR) is 86.6 cm³/mol. The summed E-state index contributed by atoms with van der Waals surface area (Å²) in [6, 6.07) is 5.10. The van der Waals surface area contributed by atoms with Crippen molar-refractivity contribution in [3.8, 4) is 0 Å². The summed E-state index contributed by atoms with van der Waals surface area (Å²) in [7, 11) is 1.97. The van der Waals surface area contributed by atoms with Crippen LogP contribution in [-0.4, -0.2) is 23.5 Å². The van der Waals surface area contributed by atoms with Gasteiger partial charge in [-0.2, -0.15) is 13.2 Å². The zero-order chi connectivity index (χ0) is 16.4. The van der Waals surface area contributed by atoms with E-state index in [1.54, 1.807) is 6.07 Å². The van der Waals surface area contributed by atoms with E-state index in [1.165, 1.54) is 17.4 Å². The second-order valence-corrected chi connectivity index (χ2v) is 6.05. The standard InChI is InChI=1S/C16H14F3N3S/c1-22-7-3-4-11(9-22)14-10-23-15(21-14)20-13-6-2-5-12(8-13)16(17,18)19/h2-8,10H,9H2,1H3,(H,20,21). The third-order valence-corrected chi connectivity index (χ3v) is 4.09. The van der Waals surface area contributed by atoms with E-state index < -0.39 is 11.7 Å².